The molecule has 0 saturated carbocycles. The summed E-state index contributed by atoms with van der Waals surface area (Å²) in [6.07, 6.45) is 1.36. The van der Waals surface area contributed by atoms with Crippen LogP contribution in [0.4, 0.5) is 11.4 Å². The fourth-order valence-corrected chi connectivity index (χ4v) is 3.16. The summed E-state index contributed by atoms with van der Waals surface area (Å²) < 4.78 is 5.56. The molecule has 0 fully saturated rings. The van der Waals surface area contributed by atoms with Crippen LogP contribution in [0.15, 0.2) is 65.8 Å². The van der Waals surface area contributed by atoms with Crippen LogP contribution in [0.5, 0.6) is 5.75 Å². The van der Waals surface area contributed by atoms with Crippen LogP contribution in [0.1, 0.15) is 22.3 Å². The van der Waals surface area contributed by atoms with Gasteiger partial charge >= 0.3 is 11.8 Å². The highest BCUT2D eigenvalue weighted by molar-refractivity contribution is 6.39. The second kappa shape index (κ2) is 11.8. The summed E-state index contributed by atoms with van der Waals surface area (Å²) in [6, 6.07) is 17.4. The number of rotatable bonds is 7. The van der Waals surface area contributed by atoms with E-state index in [9.17, 15) is 14.4 Å². The van der Waals surface area contributed by atoms with Gasteiger partial charge in [-0.25, -0.2) is 5.43 Å². The van der Waals surface area contributed by atoms with Crippen molar-refractivity contribution >= 4 is 46.9 Å². The summed E-state index contributed by atoms with van der Waals surface area (Å²) in [6.45, 7) is 5.57. The third-order valence-electron chi connectivity index (χ3n) is 5.12. The molecule has 3 rings (SSSR count). The molecule has 0 radical (unpaired) electrons. The van der Waals surface area contributed by atoms with E-state index in [-0.39, 0.29) is 12.5 Å². The van der Waals surface area contributed by atoms with Crippen LogP contribution < -0.4 is 20.8 Å². The van der Waals surface area contributed by atoms with Gasteiger partial charge in [-0.05, 0) is 73.4 Å². The fourth-order valence-electron chi connectivity index (χ4n) is 2.98. The first-order chi connectivity index (χ1) is 16.7. The van der Waals surface area contributed by atoms with Crippen molar-refractivity contribution in [3.8, 4) is 5.75 Å². The van der Waals surface area contributed by atoms with Crippen LogP contribution in [-0.4, -0.2) is 30.5 Å². The summed E-state index contributed by atoms with van der Waals surface area (Å²) in [7, 11) is 0. The minimum absolute atomic E-state index is 0.173. The molecule has 0 bridgehead atoms. The maximum atomic E-state index is 12.3. The zero-order valence-electron chi connectivity index (χ0n) is 19.5. The van der Waals surface area contributed by atoms with Gasteiger partial charge in [-0.1, -0.05) is 41.9 Å². The molecular formula is C26H25ClN4O4. The molecule has 9 heteroatoms. The second-order valence-corrected chi connectivity index (χ2v) is 8.18. The predicted octanol–water partition coefficient (Wildman–Crippen LogP) is 4.37. The monoisotopic (exact) mass is 492 g/mol. The van der Waals surface area contributed by atoms with Gasteiger partial charge in [-0.2, -0.15) is 5.10 Å². The summed E-state index contributed by atoms with van der Waals surface area (Å²) in [5, 5.41) is 9.56. The molecule has 3 aromatic rings. The maximum absolute atomic E-state index is 12.3. The summed E-state index contributed by atoms with van der Waals surface area (Å²) in [5.74, 6) is -1.65. The molecule has 0 unspecified atom stereocenters. The molecule has 0 heterocycles. The Morgan fingerprint density at radius 2 is 1.69 bits per heavy atom. The van der Waals surface area contributed by atoms with Gasteiger partial charge in [0.2, 0.25) is 0 Å². The molecule has 0 spiro atoms. The van der Waals surface area contributed by atoms with E-state index in [2.05, 4.69) is 21.2 Å². The first-order valence-electron chi connectivity index (χ1n) is 10.7. The first-order valence-corrected chi connectivity index (χ1v) is 11.1. The van der Waals surface area contributed by atoms with Gasteiger partial charge in [-0.15, -0.1) is 0 Å². The van der Waals surface area contributed by atoms with E-state index < -0.39 is 11.8 Å². The number of nitrogens with one attached hydrogen (secondary N) is 3. The third kappa shape index (κ3) is 7.41. The maximum Gasteiger partial charge on any atom is 0.329 e. The zero-order valence-corrected chi connectivity index (χ0v) is 20.3. The van der Waals surface area contributed by atoms with E-state index in [4.69, 9.17) is 16.3 Å². The minimum atomic E-state index is -0.937. The summed E-state index contributed by atoms with van der Waals surface area (Å²) in [5.41, 5.74) is 6.84. The Morgan fingerprint density at radius 1 is 0.914 bits per heavy atom. The SMILES string of the molecule is Cc1ccc(NC(=O)C(=O)N/N=C\c2cccc(OCC(=O)Nc3cccc(C)c3C)c2)cc1Cl. The van der Waals surface area contributed by atoms with Crippen LogP contribution in [0, 0.1) is 20.8 Å². The predicted molar refractivity (Wildman–Crippen MR) is 137 cm³/mol. The number of hydrazone groups is 1. The highest BCUT2D eigenvalue weighted by atomic mass is 35.5. The van der Waals surface area contributed by atoms with Gasteiger partial charge in [0.05, 0.1) is 6.21 Å². The molecule has 3 N–H and O–H groups in total. The van der Waals surface area contributed by atoms with E-state index in [0.717, 1.165) is 22.4 Å². The van der Waals surface area contributed by atoms with Gasteiger partial charge in [0.15, 0.2) is 6.61 Å². The number of nitrogens with zero attached hydrogens (tertiary/aromatic N) is 1. The van der Waals surface area contributed by atoms with E-state index in [1.165, 1.54) is 6.21 Å². The smallest absolute Gasteiger partial charge is 0.329 e. The van der Waals surface area contributed by atoms with Crippen molar-refractivity contribution in [3.63, 3.8) is 0 Å². The van der Waals surface area contributed by atoms with Crippen molar-refractivity contribution in [2.75, 3.05) is 17.2 Å². The van der Waals surface area contributed by atoms with Crippen molar-refractivity contribution in [1.82, 2.24) is 5.43 Å². The second-order valence-electron chi connectivity index (χ2n) is 7.77. The van der Waals surface area contributed by atoms with Crippen LogP contribution >= 0.6 is 11.6 Å². The molecule has 0 aliphatic carbocycles. The number of ether oxygens (including phenoxy) is 1. The topological polar surface area (TPSA) is 109 Å². The van der Waals surface area contributed by atoms with Crippen molar-refractivity contribution in [2.45, 2.75) is 20.8 Å². The highest BCUT2D eigenvalue weighted by Crippen LogP contribution is 2.20. The molecule has 35 heavy (non-hydrogen) atoms. The number of carbonyl (C=O) groups is 3. The number of amides is 3. The Hall–Kier alpha value is -4.17. The molecule has 180 valence electrons. The first kappa shape index (κ1) is 25.5. The Kier molecular flexibility index (Phi) is 8.58. The van der Waals surface area contributed by atoms with E-state index in [0.29, 0.717) is 22.0 Å². The number of benzene rings is 3. The number of hydrogen-bond acceptors (Lipinski definition) is 5. The number of halogens is 1. The standard InChI is InChI=1S/C26H25ClN4O4/c1-16-6-4-9-23(18(16)3)30-24(32)15-35-21-8-5-7-19(12-21)14-28-31-26(34)25(33)29-20-11-10-17(2)22(27)13-20/h4-14H,15H2,1-3H3,(H,29,33)(H,30,32)(H,31,34)/b28-14-. The van der Waals surface area contributed by atoms with Gasteiger partial charge in [-0.3, -0.25) is 14.4 Å². The molecule has 0 saturated heterocycles. The number of hydrogen-bond donors (Lipinski definition) is 3. The lowest BCUT2D eigenvalue weighted by atomic mass is 10.1. The molecule has 8 nitrogen and oxygen atoms in total. The Bertz CT molecular complexity index is 1290. The van der Waals surface area contributed by atoms with E-state index >= 15 is 0 Å². The van der Waals surface area contributed by atoms with Crippen molar-refractivity contribution < 1.29 is 19.1 Å². The zero-order chi connectivity index (χ0) is 25.4. The fraction of sp³-hybridized carbons (Fsp3) is 0.154. The molecular weight excluding hydrogens is 468 g/mol. The van der Waals surface area contributed by atoms with Crippen LogP contribution in [0.3, 0.4) is 0 Å². The Balaban J connectivity index is 1.50. The lowest BCUT2D eigenvalue weighted by Gasteiger charge is -2.11. The lowest BCUT2D eigenvalue weighted by Crippen LogP contribution is -2.32. The van der Waals surface area contributed by atoms with Crippen LogP contribution in [0.25, 0.3) is 0 Å². The summed E-state index contributed by atoms with van der Waals surface area (Å²) in [4.78, 5) is 36.3. The van der Waals surface area contributed by atoms with Gasteiger partial charge < -0.3 is 15.4 Å². The lowest BCUT2D eigenvalue weighted by molar-refractivity contribution is -0.136. The highest BCUT2D eigenvalue weighted by Gasteiger charge is 2.13. The molecule has 3 amide bonds. The van der Waals surface area contributed by atoms with E-state index in [1.807, 2.05) is 39.0 Å². The van der Waals surface area contributed by atoms with Crippen LogP contribution in [-0.2, 0) is 14.4 Å². The van der Waals surface area contributed by atoms with Gasteiger partial charge in [0.1, 0.15) is 5.75 Å². The third-order valence-corrected chi connectivity index (χ3v) is 5.53. The largest absolute Gasteiger partial charge is 0.484 e. The molecule has 0 atom stereocenters. The van der Waals surface area contributed by atoms with E-state index in [1.54, 1.807) is 42.5 Å². The average molecular weight is 493 g/mol. The quantitative estimate of drug-likeness (QED) is 0.258. The van der Waals surface area contributed by atoms with Gasteiger partial charge in [0.25, 0.3) is 5.91 Å². The van der Waals surface area contributed by atoms with Crippen molar-refractivity contribution in [3.05, 3.63) is 87.9 Å². The van der Waals surface area contributed by atoms with Crippen LogP contribution in [0.2, 0.25) is 5.02 Å². The number of carbonyl (C=O) groups excluding carboxylic acids is 3. The molecule has 0 aromatic heterocycles. The van der Waals surface area contributed by atoms with Crippen molar-refractivity contribution in [1.29, 1.82) is 0 Å². The van der Waals surface area contributed by atoms with Gasteiger partial charge in [0, 0.05) is 16.4 Å². The summed E-state index contributed by atoms with van der Waals surface area (Å²) >= 11 is 6.02. The molecule has 0 aliphatic heterocycles. The number of anilines is 2. The Labute approximate surface area is 208 Å². The Morgan fingerprint density at radius 3 is 2.46 bits per heavy atom. The average Bonchev–Trinajstić information content (AvgIpc) is 2.83. The molecule has 3 aromatic carbocycles. The number of aryl methyl sites for hydroxylation is 2. The normalized spacial score (nSPS) is 10.6. The molecule has 0 aliphatic rings. The van der Waals surface area contributed by atoms with Crippen molar-refractivity contribution in [2.24, 2.45) is 5.10 Å². The minimum Gasteiger partial charge on any atom is -0.484 e.